The predicted molar refractivity (Wildman–Crippen MR) is 116 cm³/mol. The van der Waals surface area contributed by atoms with Crippen molar-refractivity contribution in [1.82, 2.24) is 15.2 Å². The van der Waals surface area contributed by atoms with Crippen molar-refractivity contribution >= 4 is 33.0 Å². The van der Waals surface area contributed by atoms with E-state index in [1.165, 1.54) is 34.7 Å². The van der Waals surface area contributed by atoms with Crippen molar-refractivity contribution in [2.24, 2.45) is 5.92 Å². The lowest BCUT2D eigenvalue weighted by molar-refractivity contribution is 0.0842. The van der Waals surface area contributed by atoms with Crippen LogP contribution in [-0.4, -0.2) is 54.6 Å². The number of amides is 1. The van der Waals surface area contributed by atoms with Crippen LogP contribution in [0.15, 0.2) is 46.5 Å². The summed E-state index contributed by atoms with van der Waals surface area (Å²) in [6.07, 6.45) is 6.27. The number of thiophene rings is 1. The molecule has 0 bridgehead atoms. The Kier molecular flexibility index (Phi) is 5.24. The third-order valence-corrected chi connectivity index (χ3v) is 7.12. The van der Waals surface area contributed by atoms with Gasteiger partial charge in [0.15, 0.2) is 0 Å². The Hall–Kier alpha value is -2.38. The Morgan fingerprint density at radius 3 is 2.86 bits per heavy atom. The lowest BCUT2D eigenvalue weighted by Gasteiger charge is -2.39. The molecule has 1 aliphatic heterocycles. The molecule has 6 nitrogen and oxygen atoms in total. The van der Waals surface area contributed by atoms with Crippen LogP contribution >= 0.6 is 11.3 Å². The molecule has 5 rings (SSSR count). The lowest BCUT2D eigenvalue weighted by atomic mass is 9.78. The molecule has 1 saturated heterocycles. The summed E-state index contributed by atoms with van der Waals surface area (Å²) in [6, 6.07) is 9.15. The fraction of sp³-hybridized carbons (Fsp3) is 0.455. The summed E-state index contributed by atoms with van der Waals surface area (Å²) < 4.78 is 6.42. The van der Waals surface area contributed by atoms with Crippen LogP contribution in [0, 0.1) is 5.92 Å². The summed E-state index contributed by atoms with van der Waals surface area (Å²) >= 11 is 1.82. The zero-order valence-corrected chi connectivity index (χ0v) is 17.2. The number of nitrogens with one attached hydrogen (secondary N) is 1. The van der Waals surface area contributed by atoms with Crippen LogP contribution < -0.4 is 10.2 Å². The monoisotopic (exact) mass is 410 g/mol. The highest BCUT2D eigenvalue weighted by Crippen LogP contribution is 2.32. The molecule has 152 valence electrons. The molecule has 1 aliphatic carbocycles. The summed E-state index contributed by atoms with van der Waals surface area (Å²) in [6.45, 7) is 5.58. The van der Waals surface area contributed by atoms with E-state index in [-0.39, 0.29) is 17.8 Å². The highest BCUT2D eigenvalue weighted by atomic mass is 32.1. The van der Waals surface area contributed by atoms with Crippen LogP contribution in [0.3, 0.4) is 0 Å². The molecule has 7 heteroatoms. The number of carbonyl (C=O) groups excluding carboxylic acids is 1. The number of benzene rings is 1. The van der Waals surface area contributed by atoms with Crippen LogP contribution in [0.2, 0.25) is 0 Å². The number of rotatable bonds is 6. The van der Waals surface area contributed by atoms with E-state index in [1.54, 1.807) is 0 Å². The van der Waals surface area contributed by atoms with E-state index in [2.05, 4.69) is 49.7 Å². The second-order valence-electron chi connectivity index (χ2n) is 8.07. The number of oxazole rings is 1. The van der Waals surface area contributed by atoms with E-state index in [0.29, 0.717) is 5.92 Å². The van der Waals surface area contributed by atoms with Gasteiger partial charge in [0.25, 0.3) is 5.89 Å². The maximum Gasteiger partial charge on any atom is 0.307 e. The summed E-state index contributed by atoms with van der Waals surface area (Å²) in [7, 11) is 0. The van der Waals surface area contributed by atoms with Crippen LogP contribution in [-0.2, 0) is 0 Å². The smallest absolute Gasteiger partial charge is 0.307 e. The van der Waals surface area contributed by atoms with Crippen molar-refractivity contribution in [2.45, 2.75) is 25.3 Å². The minimum atomic E-state index is -0.199. The minimum absolute atomic E-state index is 0.157. The number of anilines is 1. The fourth-order valence-electron chi connectivity index (χ4n) is 4.50. The van der Waals surface area contributed by atoms with E-state index >= 15 is 0 Å². The minimum Gasteiger partial charge on any atom is -0.441 e. The molecular formula is C22H26N4O2S. The number of nitrogens with zero attached hydrogens (tertiary/aromatic N) is 3. The standard InChI is InChI=1S/C22H26N4O2S/c27-21(22-23-6-12-28-22)24-17-14-16(15-17)4-7-25-8-10-26(11-9-25)19-2-1-3-20-18(19)5-13-29-20/h1-3,5-6,12-13,16-17H,4,7-11,14-15H2,(H,24,27)/t16-,17-. The summed E-state index contributed by atoms with van der Waals surface area (Å²) in [5.74, 6) is 0.669. The van der Waals surface area contributed by atoms with Gasteiger partial charge in [-0.3, -0.25) is 9.69 Å². The van der Waals surface area contributed by atoms with Gasteiger partial charge in [0.1, 0.15) is 6.26 Å². The second kappa shape index (κ2) is 8.16. The second-order valence-corrected chi connectivity index (χ2v) is 9.02. The van der Waals surface area contributed by atoms with Crippen molar-refractivity contribution in [1.29, 1.82) is 0 Å². The molecular weight excluding hydrogens is 384 g/mol. The first-order valence-corrected chi connectivity index (χ1v) is 11.3. The van der Waals surface area contributed by atoms with Crippen molar-refractivity contribution in [3.8, 4) is 0 Å². The van der Waals surface area contributed by atoms with Gasteiger partial charge in [-0.2, -0.15) is 0 Å². The maximum atomic E-state index is 12.0. The number of fused-ring (bicyclic) bond motifs is 1. The topological polar surface area (TPSA) is 61.6 Å². The molecule has 0 spiro atoms. The number of piperazine rings is 1. The molecule has 2 aliphatic rings. The highest BCUT2D eigenvalue weighted by Gasteiger charge is 2.31. The Bertz CT molecular complexity index is 956. The van der Waals surface area contributed by atoms with Crippen LogP contribution in [0.4, 0.5) is 5.69 Å². The SMILES string of the molecule is O=C(N[C@H]1C[C@H](CCN2CCN(c3cccc4sccc34)CC2)C1)c1ncco1. The Balaban J connectivity index is 1.04. The predicted octanol–water partition coefficient (Wildman–Crippen LogP) is 3.61. The maximum absolute atomic E-state index is 12.0. The van der Waals surface area contributed by atoms with Gasteiger partial charge in [-0.05, 0) is 55.3 Å². The number of hydrogen-bond donors (Lipinski definition) is 1. The van der Waals surface area contributed by atoms with E-state index < -0.39 is 0 Å². The summed E-state index contributed by atoms with van der Waals surface area (Å²) in [4.78, 5) is 21.0. The van der Waals surface area contributed by atoms with Crippen molar-refractivity contribution < 1.29 is 9.21 Å². The molecule has 0 atom stereocenters. The Morgan fingerprint density at radius 1 is 1.21 bits per heavy atom. The third kappa shape index (κ3) is 4.02. The average Bonchev–Trinajstić information content (AvgIpc) is 3.41. The Labute approximate surface area is 174 Å². The van der Waals surface area contributed by atoms with Gasteiger partial charge in [0, 0.05) is 48.0 Å². The average molecular weight is 411 g/mol. The van der Waals surface area contributed by atoms with Gasteiger partial charge < -0.3 is 14.6 Å². The molecule has 1 saturated carbocycles. The van der Waals surface area contributed by atoms with Crippen LogP contribution in [0.1, 0.15) is 29.9 Å². The van der Waals surface area contributed by atoms with Crippen LogP contribution in [0.5, 0.6) is 0 Å². The van der Waals surface area contributed by atoms with Crippen molar-refractivity contribution in [2.75, 3.05) is 37.6 Å². The number of aromatic nitrogens is 1. The third-order valence-electron chi connectivity index (χ3n) is 6.24. The zero-order valence-electron chi connectivity index (χ0n) is 16.4. The molecule has 29 heavy (non-hydrogen) atoms. The number of hydrogen-bond acceptors (Lipinski definition) is 6. The summed E-state index contributed by atoms with van der Waals surface area (Å²) in [5.41, 5.74) is 1.38. The van der Waals surface area contributed by atoms with E-state index in [0.717, 1.165) is 45.6 Å². The van der Waals surface area contributed by atoms with E-state index in [9.17, 15) is 4.79 Å². The molecule has 1 amide bonds. The van der Waals surface area contributed by atoms with Crippen LogP contribution in [0.25, 0.3) is 10.1 Å². The van der Waals surface area contributed by atoms with E-state index in [4.69, 9.17) is 4.42 Å². The molecule has 1 N–H and O–H groups in total. The van der Waals surface area contributed by atoms with Gasteiger partial charge >= 0.3 is 5.91 Å². The zero-order chi connectivity index (χ0) is 19.6. The highest BCUT2D eigenvalue weighted by molar-refractivity contribution is 7.17. The quantitative estimate of drug-likeness (QED) is 0.673. The molecule has 2 fully saturated rings. The van der Waals surface area contributed by atoms with Gasteiger partial charge in [-0.15, -0.1) is 11.3 Å². The van der Waals surface area contributed by atoms with Gasteiger partial charge in [-0.25, -0.2) is 4.98 Å². The molecule has 1 aromatic carbocycles. The Morgan fingerprint density at radius 2 is 2.07 bits per heavy atom. The molecule has 2 aromatic heterocycles. The summed E-state index contributed by atoms with van der Waals surface area (Å²) in [5, 5.41) is 6.58. The van der Waals surface area contributed by atoms with Gasteiger partial charge in [0.05, 0.1) is 6.20 Å². The normalized spacial score (nSPS) is 22.6. The van der Waals surface area contributed by atoms with Crippen molar-refractivity contribution in [3.05, 3.63) is 48.0 Å². The molecule has 0 radical (unpaired) electrons. The van der Waals surface area contributed by atoms with Gasteiger partial charge in [0.2, 0.25) is 0 Å². The largest absolute Gasteiger partial charge is 0.441 e. The molecule has 0 unspecified atom stereocenters. The first-order valence-electron chi connectivity index (χ1n) is 10.4. The number of carbonyl (C=O) groups is 1. The first kappa shape index (κ1) is 18.6. The van der Waals surface area contributed by atoms with Gasteiger partial charge in [-0.1, -0.05) is 6.07 Å². The molecule has 3 aromatic rings. The van der Waals surface area contributed by atoms with E-state index in [1.807, 2.05) is 11.3 Å². The van der Waals surface area contributed by atoms with Crippen molar-refractivity contribution in [3.63, 3.8) is 0 Å². The lowest BCUT2D eigenvalue weighted by Crippen LogP contribution is -2.48. The fourth-order valence-corrected chi connectivity index (χ4v) is 5.31. The molecule has 3 heterocycles. The first-order chi connectivity index (χ1) is 14.3.